The van der Waals surface area contributed by atoms with Gasteiger partial charge in [-0.15, -0.1) is 0 Å². The van der Waals surface area contributed by atoms with Crippen LogP contribution in [0.3, 0.4) is 0 Å². The van der Waals surface area contributed by atoms with E-state index >= 15 is 0 Å². The summed E-state index contributed by atoms with van der Waals surface area (Å²) in [7, 11) is -4.51. The molecule has 0 atom stereocenters. The van der Waals surface area contributed by atoms with Crippen LogP contribution in [0, 0.1) is 6.92 Å². The molecule has 0 aliphatic heterocycles. The summed E-state index contributed by atoms with van der Waals surface area (Å²) >= 11 is 0. The highest BCUT2D eigenvalue weighted by Gasteiger charge is 2.41. The third-order valence-electron chi connectivity index (χ3n) is 11.4. The van der Waals surface area contributed by atoms with Crippen molar-refractivity contribution in [2.75, 3.05) is 0 Å². The second kappa shape index (κ2) is 13.5. The highest BCUT2D eigenvalue weighted by molar-refractivity contribution is 7.67. The van der Waals surface area contributed by atoms with Crippen LogP contribution in [0.2, 0.25) is 0 Å². The lowest BCUT2D eigenvalue weighted by atomic mass is 9.72. The summed E-state index contributed by atoms with van der Waals surface area (Å²) in [5.41, 5.74) is 11.1. The SMILES string of the molecule is Cc1ccc([P+](O)(O)O)c(-c2cc3c(C(C)(C)C)cc(C(C)(C)C)cc3cc2C(C)(C)C)c1-c1cc2c(C(C)(C)C)cc(C(C)(C)C)cc2cc1C(C)(C)C. The topological polar surface area (TPSA) is 60.7 Å². The van der Waals surface area contributed by atoms with Gasteiger partial charge in [0.25, 0.3) is 0 Å². The Morgan fingerprint density at radius 3 is 1.04 bits per heavy atom. The first-order valence-corrected chi connectivity index (χ1v) is 21.8. The van der Waals surface area contributed by atoms with Crippen molar-refractivity contribution in [3.05, 3.63) is 99.6 Å². The van der Waals surface area contributed by atoms with Crippen molar-refractivity contribution < 1.29 is 14.7 Å². The lowest BCUT2D eigenvalue weighted by molar-refractivity contribution is 0.347. The standard InChI is InChI=1S/C51H70O3P/c1-30-20-21-43(55(52,53)54)45(38-29-36-32(25-40(38)49(11,12)13)23-34(47(5,6)7)27-42(36)51(17,18)19)44(30)37-28-35-31(24-39(37)48(8,9)10)22-33(46(2,3)4)26-41(35)50(14,15)16/h20-29,52-54H,1-19H3/q+1. The van der Waals surface area contributed by atoms with Crippen LogP contribution in [0.1, 0.15) is 164 Å². The molecule has 296 valence electrons. The Morgan fingerprint density at radius 2 is 0.727 bits per heavy atom. The fourth-order valence-electron chi connectivity index (χ4n) is 8.15. The average Bonchev–Trinajstić information content (AvgIpc) is 2.98. The van der Waals surface area contributed by atoms with Gasteiger partial charge in [-0.1, -0.05) is 155 Å². The summed E-state index contributed by atoms with van der Waals surface area (Å²) < 4.78 is 0. The summed E-state index contributed by atoms with van der Waals surface area (Å²) in [5, 5.41) is 4.89. The third kappa shape index (κ3) is 8.48. The molecule has 0 aliphatic rings. The van der Waals surface area contributed by atoms with Crippen molar-refractivity contribution in [1.29, 1.82) is 0 Å². The molecule has 3 N–H and O–H groups in total. The maximum Gasteiger partial charge on any atom is 0.441 e. The minimum Gasteiger partial charge on any atom is -0.189 e. The van der Waals surface area contributed by atoms with E-state index in [2.05, 4.69) is 180 Å². The van der Waals surface area contributed by atoms with Gasteiger partial charge in [0.1, 0.15) is 0 Å². The summed E-state index contributed by atoms with van der Waals surface area (Å²) in [6, 6.07) is 22.5. The van der Waals surface area contributed by atoms with Crippen LogP contribution in [-0.2, 0) is 32.5 Å². The minimum atomic E-state index is -4.51. The second-order valence-electron chi connectivity index (χ2n) is 22.5. The summed E-state index contributed by atoms with van der Waals surface area (Å²) in [6.07, 6.45) is 0. The average molecular weight is 762 g/mol. The molecular weight excluding hydrogens is 692 g/mol. The maximum absolute atomic E-state index is 11.4. The molecule has 5 aromatic carbocycles. The van der Waals surface area contributed by atoms with E-state index < -0.39 is 7.94 Å². The molecule has 0 aromatic heterocycles. The molecule has 0 fully saturated rings. The van der Waals surface area contributed by atoms with Crippen molar-refractivity contribution in [3.63, 3.8) is 0 Å². The predicted molar refractivity (Wildman–Crippen MR) is 242 cm³/mol. The zero-order valence-electron chi connectivity index (χ0n) is 37.6. The Morgan fingerprint density at radius 1 is 0.382 bits per heavy atom. The van der Waals surface area contributed by atoms with Gasteiger partial charge in [0.15, 0.2) is 5.30 Å². The van der Waals surface area contributed by atoms with E-state index in [0.717, 1.165) is 33.2 Å². The van der Waals surface area contributed by atoms with Gasteiger partial charge in [-0.05, 0) is 147 Å². The Kier molecular flexibility index (Phi) is 10.6. The summed E-state index contributed by atoms with van der Waals surface area (Å²) in [6.45, 7) is 42.9. The number of aryl methyl sites for hydroxylation is 1. The number of fused-ring (bicyclic) bond motifs is 2. The zero-order chi connectivity index (χ0) is 41.8. The third-order valence-corrected chi connectivity index (χ3v) is 12.4. The van der Waals surface area contributed by atoms with E-state index in [0.29, 0.717) is 5.56 Å². The lowest BCUT2D eigenvalue weighted by Crippen LogP contribution is -2.21. The van der Waals surface area contributed by atoms with E-state index in [1.807, 2.05) is 6.07 Å². The zero-order valence-corrected chi connectivity index (χ0v) is 38.5. The van der Waals surface area contributed by atoms with Crippen LogP contribution in [0.5, 0.6) is 0 Å². The molecule has 5 aromatic rings. The van der Waals surface area contributed by atoms with Crippen molar-refractivity contribution in [2.24, 2.45) is 0 Å². The molecule has 0 bridgehead atoms. The van der Waals surface area contributed by atoms with Gasteiger partial charge >= 0.3 is 7.94 Å². The predicted octanol–water partition coefficient (Wildman–Crippen LogP) is 13.8. The van der Waals surface area contributed by atoms with Crippen LogP contribution < -0.4 is 5.30 Å². The first-order chi connectivity index (χ1) is 24.6. The largest absolute Gasteiger partial charge is 0.441 e. The maximum atomic E-state index is 11.4. The molecule has 0 radical (unpaired) electrons. The minimum absolute atomic E-state index is 0.0255. The van der Waals surface area contributed by atoms with Gasteiger partial charge in [0.05, 0.1) is 0 Å². The van der Waals surface area contributed by atoms with E-state index in [-0.39, 0.29) is 37.8 Å². The van der Waals surface area contributed by atoms with Crippen LogP contribution in [0.25, 0.3) is 43.8 Å². The Labute approximate surface area is 334 Å². The van der Waals surface area contributed by atoms with Crippen LogP contribution in [0.15, 0.2) is 60.7 Å². The van der Waals surface area contributed by atoms with Gasteiger partial charge < -0.3 is 0 Å². The number of benzene rings is 5. The Hall–Kier alpha value is -3.07. The van der Waals surface area contributed by atoms with Crippen molar-refractivity contribution in [3.8, 4) is 22.3 Å². The fourth-order valence-corrected chi connectivity index (χ4v) is 8.96. The number of hydrogen-bond donors (Lipinski definition) is 3. The molecule has 5 rings (SSSR count). The first kappa shape index (κ1) is 43.1. The molecule has 55 heavy (non-hydrogen) atoms. The van der Waals surface area contributed by atoms with Gasteiger partial charge in [0.2, 0.25) is 0 Å². The smallest absolute Gasteiger partial charge is 0.189 e. The number of hydrogen-bond acceptors (Lipinski definition) is 3. The molecule has 3 nitrogen and oxygen atoms in total. The normalized spacial score (nSPS) is 14.0. The highest BCUT2D eigenvalue weighted by atomic mass is 31.2. The molecule has 0 heterocycles. The summed E-state index contributed by atoms with van der Waals surface area (Å²) in [5.74, 6) is 0. The molecule has 0 unspecified atom stereocenters. The first-order valence-electron chi connectivity index (χ1n) is 20.1. The van der Waals surface area contributed by atoms with E-state index in [1.54, 1.807) is 6.07 Å². The Bertz CT molecular complexity index is 2290. The van der Waals surface area contributed by atoms with Gasteiger partial charge in [-0.25, -0.2) is 0 Å². The second-order valence-corrected chi connectivity index (χ2v) is 24.1. The highest BCUT2D eigenvalue weighted by Crippen LogP contribution is 2.53. The van der Waals surface area contributed by atoms with Crippen LogP contribution in [-0.4, -0.2) is 14.7 Å². The number of rotatable bonds is 3. The molecule has 4 heteroatoms. The van der Waals surface area contributed by atoms with Crippen molar-refractivity contribution in [1.82, 2.24) is 0 Å². The quantitative estimate of drug-likeness (QED) is 0.160. The van der Waals surface area contributed by atoms with Crippen LogP contribution >= 0.6 is 7.94 Å². The van der Waals surface area contributed by atoms with Crippen LogP contribution in [0.4, 0.5) is 0 Å². The molecule has 0 spiro atoms. The van der Waals surface area contributed by atoms with Crippen molar-refractivity contribution >= 4 is 34.8 Å². The van der Waals surface area contributed by atoms with Gasteiger partial charge in [-0.3, -0.25) is 0 Å². The van der Waals surface area contributed by atoms with E-state index in [9.17, 15) is 14.7 Å². The molecule has 0 saturated carbocycles. The Balaban J connectivity index is 2.10. The molecule has 0 saturated heterocycles. The monoisotopic (exact) mass is 762 g/mol. The lowest BCUT2D eigenvalue weighted by Gasteiger charge is -2.32. The van der Waals surface area contributed by atoms with E-state index in [1.165, 1.54) is 44.0 Å². The van der Waals surface area contributed by atoms with E-state index in [4.69, 9.17) is 0 Å². The van der Waals surface area contributed by atoms with Gasteiger partial charge in [-0.2, -0.15) is 14.7 Å². The molecular formula is C51H70O3P+. The summed E-state index contributed by atoms with van der Waals surface area (Å²) in [4.78, 5) is 34.2. The molecule has 0 amide bonds. The van der Waals surface area contributed by atoms with Gasteiger partial charge in [0, 0.05) is 5.56 Å². The molecule has 0 aliphatic carbocycles. The van der Waals surface area contributed by atoms with Crippen molar-refractivity contribution in [2.45, 2.75) is 164 Å². The fraction of sp³-hybridized carbons (Fsp3) is 0.490.